The van der Waals surface area contributed by atoms with Gasteiger partial charge in [-0.05, 0) is 226 Å². The van der Waals surface area contributed by atoms with Gasteiger partial charge in [-0.3, -0.25) is 0 Å². The summed E-state index contributed by atoms with van der Waals surface area (Å²) in [6.07, 6.45) is 0. The topological polar surface area (TPSA) is 16.3 Å². The van der Waals surface area contributed by atoms with Crippen molar-refractivity contribution in [1.82, 2.24) is 9.13 Å². The van der Waals surface area contributed by atoms with Gasteiger partial charge in [0.1, 0.15) is 0 Å². The van der Waals surface area contributed by atoms with Gasteiger partial charge in [0.25, 0.3) is 0 Å². The summed E-state index contributed by atoms with van der Waals surface area (Å²) in [5.41, 5.74) is 32.0. The number of para-hydroxylation sites is 6. The molecule has 0 atom stereocenters. The summed E-state index contributed by atoms with van der Waals surface area (Å²) in [4.78, 5) is 4.79. The van der Waals surface area contributed by atoms with Gasteiger partial charge in [-0.15, -0.1) is 0 Å². The molecule has 21 aromatic rings. The molecule has 0 aliphatic carbocycles. The molecule has 0 unspecified atom stereocenters. The molecule has 4 nitrogen and oxygen atoms in total. The van der Waals surface area contributed by atoms with E-state index in [-0.39, 0.29) is 0 Å². The molecule has 534 valence electrons. The molecule has 4 heteroatoms. The average molecular weight is 1450 g/mol. The quantitative estimate of drug-likeness (QED) is 0.0959. The Morgan fingerprint density at radius 2 is 0.456 bits per heavy atom. The zero-order valence-corrected chi connectivity index (χ0v) is 62.5. The normalized spacial score (nSPS) is 11.5. The molecule has 0 aliphatic rings. The third kappa shape index (κ3) is 12.1. The van der Waals surface area contributed by atoms with Crippen molar-refractivity contribution in [2.24, 2.45) is 0 Å². The van der Waals surface area contributed by atoms with Crippen molar-refractivity contribution in [1.29, 1.82) is 0 Å². The van der Waals surface area contributed by atoms with E-state index in [0.29, 0.717) is 0 Å². The van der Waals surface area contributed by atoms with E-state index < -0.39 is 0 Å². The fourth-order valence-electron chi connectivity index (χ4n) is 17.5. The SMILES string of the molecule is c1ccc(-c2ccc(N(c3ccc(-c4cccc(-c5ccc(-c6ccc7c(c6)c6ccccc6n7-c6ccccc6N(c6ccc(-c7ccccc7)cc6)c6ccc(-c7cccc(-c8cccc9ccccc89)c7)cc6)c6ccccc56)c4)cc3)c3ccc(-c4ccccc4-n4c5ccccc5c5ccccc54)cc3)cc2)cc1. The molecule has 0 radical (unpaired) electrons. The van der Waals surface area contributed by atoms with Crippen LogP contribution in [-0.4, -0.2) is 9.13 Å². The highest BCUT2D eigenvalue weighted by atomic mass is 15.2. The summed E-state index contributed by atoms with van der Waals surface area (Å²) >= 11 is 0. The Morgan fingerprint density at radius 3 is 0.974 bits per heavy atom. The fourth-order valence-corrected chi connectivity index (χ4v) is 17.5. The minimum Gasteiger partial charge on any atom is -0.311 e. The van der Waals surface area contributed by atoms with Gasteiger partial charge in [0.15, 0.2) is 0 Å². The lowest BCUT2D eigenvalue weighted by atomic mass is 9.90. The first-order chi connectivity index (χ1) is 56.5. The fraction of sp³-hybridized carbons (Fsp3) is 0. The molecule has 0 saturated heterocycles. The molecule has 0 amide bonds. The molecule has 2 heterocycles. The van der Waals surface area contributed by atoms with Crippen molar-refractivity contribution >= 4 is 99.3 Å². The molecule has 19 aromatic carbocycles. The summed E-state index contributed by atoms with van der Waals surface area (Å²) < 4.78 is 4.89. The summed E-state index contributed by atoms with van der Waals surface area (Å²) in [6, 6.07) is 165. The Balaban J connectivity index is 0.605. The molecule has 0 saturated carbocycles. The molecule has 114 heavy (non-hydrogen) atoms. The second kappa shape index (κ2) is 28.7. The summed E-state index contributed by atoms with van der Waals surface area (Å²) in [5, 5.41) is 9.77. The van der Waals surface area contributed by atoms with E-state index in [1.54, 1.807) is 0 Å². The second-order valence-electron chi connectivity index (χ2n) is 29.5. The van der Waals surface area contributed by atoms with Crippen LogP contribution in [0.3, 0.4) is 0 Å². The van der Waals surface area contributed by atoms with Gasteiger partial charge in [0.2, 0.25) is 0 Å². The van der Waals surface area contributed by atoms with Gasteiger partial charge in [-0.2, -0.15) is 0 Å². The van der Waals surface area contributed by atoms with Crippen molar-refractivity contribution in [3.8, 4) is 100 Å². The smallest absolute Gasteiger partial charge is 0.0702 e. The van der Waals surface area contributed by atoms with E-state index in [2.05, 4.69) is 468 Å². The molecule has 0 N–H and O–H groups in total. The first-order valence-electron chi connectivity index (χ1n) is 39.2. The van der Waals surface area contributed by atoms with Gasteiger partial charge in [-0.1, -0.05) is 328 Å². The van der Waals surface area contributed by atoms with E-state index in [1.165, 1.54) is 110 Å². The van der Waals surface area contributed by atoms with Crippen LogP contribution in [0.25, 0.3) is 166 Å². The second-order valence-corrected chi connectivity index (χ2v) is 29.5. The van der Waals surface area contributed by atoms with Crippen LogP contribution in [0, 0.1) is 0 Å². The van der Waals surface area contributed by atoms with Gasteiger partial charge < -0.3 is 18.9 Å². The first kappa shape index (κ1) is 67.0. The highest BCUT2D eigenvalue weighted by Crippen LogP contribution is 2.47. The molecule has 0 spiro atoms. The Kier molecular flexibility index (Phi) is 16.9. The number of aromatic nitrogens is 2. The zero-order chi connectivity index (χ0) is 75.4. The van der Waals surface area contributed by atoms with Crippen LogP contribution in [0.4, 0.5) is 34.1 Å². The molecule has 2 aromatic heterocycles. The van der Waals surface area contributed by atoms with Gasteiger partial charge in [0, 0.05) is 55.5 Å². The Bertz CT molecular complexity index is 7120. The van der Waals surface area contributed by atoms with E-state index in [9.17, 15) is 0 Å². The van der Waals surface area contributed by atoms with E-state index in [1.807, 2.05) is 0 Å². The summed E-state index contributed by atoms with van der Waals surface area (Å²) in [7, 11) is 0. The van der Waals surface area contributed by atoms with E-state index >= 15 is 0 Å². The number of fused-ring (bicyclic) bond motifs is 8. The van der Waals surface area contributed by atoms with Gasteiger partial charge in [-0.25, -0.2) is 0 Å². The Hall–Kier alpha value is -15.1. The van der Waals surface area contributed by atoms with Crippen molar-refractivity contribution in [3.05, 3.63) is 449 Å². The predicted molar refractivity (Wildman–Crippen MR) is 483 cm³/mol. The summed E-state index contributed by atoms with van der Waals surface area (Å²) in [6.45, 7) is 0. The predicted octanol–water partition coefficient (Wildman–Crippen LogP) is 30.5. The Morgan fingerprint density at radius 1 is 0.149 bits per heavy atom. The number of benzene rings is 19. The monoisotopic (exact) mass is 1450 g/mol. The minimum atomic E-state index is 1.06. The van der Waals surface area contributed by atoms with Crippen molar-refractivity contribution in [3.63, 3.8) is 0 Å². The molecular formula is C110H74N4. The van der Waals surface area contributed by atoms with E-state index in [4.69, 9.17) is 0 Å². The lowest BCUT2D eigenvalue weighted by Crippen LogP contribution is -2.13. The third-order valence-electron chi connectivity index (χ3n) is 23.0. The maximum atomic E-state index is 2.47. The van der Waals surface area contributed by atoms with Crippen LogP contribution >= 0.6 is 0 Å². The lowest BCUT2D eigenvalue weighted by Gasteiger charge is -2.28. The van der Waals surface area contributed by atoms with Crippen LogP contribution in [0.5, 0.6) is 0 Å². The van der Waals surface area contributed by atoms with Crippen LogP contribution < -0.4 is 9.80 Å². The first-order valence-corrected chi connectivity index (χ1v) is 39.2. The van der Waals surface area contributed by atoms with E-state index in [0.717, 1.165) is 89.9 Å². The number of hydrogen-bond acceptors (Lipinski definition) is 2. The summed E-state index contributed by atoms with van der Waals surface area (Å²) in [5.74, 6) is 0. The molecule has 0 bridgehead atoms. The third-order valence-corrected chi connectivity index (χ3v) is 23.0. The molecule has 21 rings (SSSR count). The largest absolute Gasteiger partial charge is 0.311 e. The van der Waals surface area contributed by atoms with Crippen LogP contribution in [0.1, 0.15) is 0 Å². The lowest BCUT2D eigenvalue weighted by molar-refractivity contribution is 1.15. The molecule has 0 fully saturated rings. The van der Waals surface area contributed by atoms with Crippen molar-refractivity contribution < 1.29 is 0 Å². The maximum absolute atomic E-state index is 2.47. The van der Waals surface area contributed by atoms with Gasteiger partial charge in [0.05, 0.1) is 39.1 Å². The number of hydrogen-bond donors (Lipinski definition) is 0. The number of rotatable bonds is 16. The maximum Gasteiger partial charge on any atom is 0.0702 e. The van der Waals surface area contributed by atoms with Crippen molar-refractivity contribution in [2.75, 3.05) is 9.80 Å². The Labute approximate surface area is 663 Å². The molecular weight excluding hydrogens is 1380 g/mol. The van der Waals surface area contributed by atoms with Crippen LogP contribution in [0.2, 0.25) is 0 Å². The highest BCUT2D eigenvalue weighted by Gasteiger charge is 2.24. The van der Waals surface area contributed by atoms with Crippen LogP contribution in [-0.2, 0) is 0 Å². The molecule has 0 aliphatic heterocycles. The standard InChI is InChI=1S/C110H74N4/c1-3-24-75(25-4-1)77-48-59-88(60-49-77)111(90-67-56-82(57-68-90)97-35-11-15-42-104(97)113-105-43-16-12-38-100(105)101-39-13-17-44-106(101)113)89-61-52-79(53-62-89)84-31-22-33-86(73-84)95-69-70-96(99-37-10-9-36-98(95)99)87-58-71-108-103(74-87)102-40-14-18-45-107(102)114(108)110-47-20-19-46-109(110)112(91-63-50-78(51-64-91)76-26-5-2-6-27-76)92-65-54-80(55-66-92)83-30-21-32-85(72-83)94-41-23-29-81-28-7-8-34-93(81)94/h1-74H. The van der Waals surface area contributed by atoms with Crippen LogP contribution in [0.15, 0.2) is 449 Å². The zero-order valence-electron chi connectivity index (χ0n) is 62.5. The highest BCUT2D eigenvalue weighted by molar-refractivity contribution is 6.14. The number of anilines is 6. The average Bonchev–Trinajstić information content (AvgIpc) is 1.55. The van der Waals surface area contributed by atoms with Crippen molar-refractivity contribution in [2.45, 2.75) is 0 Å². The number of nitrogens with zero attached hydrogens (tertiary/aromatic N) is 4. The minimum absolute atomic E-state index is 1.06. The van der Waals surface area contributed by atoms with Gasteiger partial charge >= 0.3 is 0 Å².